The van der Waals surface area contributed by atoms with Crippen molar-refractivity contribution < 1.29 is 28.3 Å². The fourth-order valence-electron chi connectivity index (χ4n) is 3.23. The maximum atomic E-state index is 11.4. The molecule has 182 valence electrons. The van der Waals surface area contributed by atoms with E-state index in [2.05, 4.69) is 16.0 Å². The van der Waals surface area contributed by atoms with E-state index < -0.39 is 13.9 Å². The molecule has 4 N–H and O–H groups in total. The van der Waals surface area contributed by atoms with E-state index in [0.29, 0.717) is 6.61 Å². The topological polar surface area (TPSA) is 111 Å². The van der Waals surface area contributed by atoms with Crippen molar-refractivity contribution in [2.45, 2.75) is 109 Å². The molecule has 0 amide bonds. The van der Waals surface area contributed by atoms with Crippen LogP contribution in [-0.4, -0.2) is 49.1 Å². The zero-order valence-electron chi connectivity index (χ0n) is 19.3. The predicted molar refractivity (Wildman–Crippen MR) is 123 cm³/mol. The van der Waals surface area contributed by atoms with Crippen LogP contribution in [0, 0.1) is 0 Å². The van der Waals surface area contributed by atoms with E-state index >= 15 is 0 Å². The lowest BCUT2D eigenvalue weighted by molar-refractivity contribution is 0.00230. The lowest BCUT2D eigenvalue weighted by Crippen LogP contribution is -2.22. The number of phosphoric acid groups is 1. The van der Waals surface area contributed by atoms with Crippen LogP contribution in [0.25, 0.3) is 0 Å². The molecule has 0 aromatic carbocycles. The SMILES string of the molecule is CCCCCCCCCCCCCCCCCOCC(O)COP(=O)(O)OCCN. The fraction of sp³-hybridized carbons (Fsp3) is 1.00. The number of hydrogen-bond acceptors (Lipinski definition) is 6. The van der Waals surface area contributed by atoms with Crippen LogP contribution in [0.15, 0.2) is 0 Å². The molecule has 0 aliphatic rings. The quantitative estimate of drug-likeness (QED) is 0.134. The second kappa shape index (κ2) is 22.2. The van der Waals surface area contributed by atoms with Crippen LogP contribution in [0.2, 0.25) is 0 Å². The van der Waals surface area contributed by atoms with Gasteiger partial charge in [0.15, 0.2) is 0 Å². The smallest absolute Gasteiger partial charge is 0.388 e. The normalized spacial score (nSPS) is 14.7. The van der Waals surface area contributed by atoms with Gasteiger partial charge in [-0.05, 0) is 6.42 Å². The standard InChI is InChI=1S/C22H48NO6P/c1-2-3-4-5-6-7-8-9-10-11-12-13-14-15-16-18-27-20-22(24)21-29-30(25,26)28-19-17-23/h22,24H,2-21,23H2,1H3,(H,25,26). The maximum absolute atomic E-state index is 11.4. The van der Waals surface area contributed by atoms with Crippen molar-refractivity contribution in [2.75, 3.05) is 33.0 Å². The van der Waals surface area contributed by atoms with E-state index in [9.17, 15) is 14.6 Å². The summed E-state index contributed by atoms with van der Waals surface area (Å²) in [6.45, 7) is 2.67. The van der Waals surface area contributed by atoms with Gasteiger partial charge in [-0.25, -0.2) is 4.57 Å². The van der Waals surface area contributed by atoms with Gasteiger partial charge < -0.3 is 20.5 Å². The average molecular weight is 454 g/mol. The Bertz CT molecular complexity index is 400. The molecule has 0 spiro atoms. The van der Waals surface area contributed by atoms with Gasteiger partial charge >= 0.3 is 7.82 Å². The molecule has 30 heavy (non-hydrogen) atoms. The van der Waals surface area contributed by atoms with Crippen LogP contribution >= 0.6 is 7.82 Å². The van der Waals surface area contributed by atoms with Crippen molar-refractivity contribution >= 4 is 7.82 Å². The molecule has 0 radical (unpaired) electrons. The van der Waals surface area contributed by atoms with Crippen molar-refractivity contribution in [3.8, 4) is 0 Å². The largest absolute Gasteiger partial charge is 0.472 e. The first kappa shape index (κ1) is 30.0. The van der Waals surface area contributed by atoms with E-state index in [4.69, 9.17) is 10.5 Å². The summed E-state index contributed by atoms with van der Waals surface area (Å²) in [5, 5.41) is 9.70. The molecule has 0 rings (SSSR count). The maximum Gasteiger partial charge on any atom is 0.472 e. The summed E-state index contributed by atoms with van der Waals surface area (Å²) in [7, 11) is -4.14. The van der Waals surface area contributed by atoms with E-state index in [1.54, 1.807) is 0 Å². The molecule has 2 atom stereocenters. The van der Waals surface area contributed by atoms with Gasteiger partial charge in [0, 0.05) is 13.2 Å². The van der Waals surface area contributed by atoms with Crippen molar-refractivity contribution in [1.29, 1.82) is 0 Å². The van der Waals surface area contributed by atoms with Crippen LogP contribution in [-0.2, 0) is 18.3 Å². The van der Waals surface area contributed by atoms with Gasteiger partial charge in [0.2, 0.25) is 0 Å². The van der Waals surface area contributed by atoms with Crippen molar-refractivity contribution in [3.05, 3.63) is 0 Å². The monoisotopic (exact) mass is 453 g/mol. The third kappa shape index (κ3) is 22.7. The van der Waals surface area contributed by atoms with Gasteiger partial charge in [-0.15, -0.1) is 0 Å². The van der Waals surface area contributed by atoms with Gasteiger partial charge in [0.25, 0.3) is 0 Å². The zero-order valence-corrected chi connectivity index (χ0v) is 20.2. The van der Waals surface area contributed by atoms with Gasteiger partial charge in [-0.3, -0.25) is 9.05 Å². The number of rotatable bonds is 24. The molecule has 2 unspecified atom stereocenters. The highest BCUT2D eigenvalue weighted by atomic mass is 31.2. The third-order valence-electron chi connectivity index (χ3n) is 5.00. The molecule has 0 aliphatic carbocycles. The molecule has 0 aliphatic heterocycles. The number of aliphatic hydroxyl groups is 1. The molecule has 7 nitrogen and oxygen atoms in total. The molecule has 0 bridgehead atoms. The summed E-state index contributed by atoms with van der Waals surface area (Å²) < 4.78 is 26.1. The van der Waals surface area contributed by atoms with Crippen LogP contribution in [0.4, 0.5) is 0 Å². The molecular weight excluding hydrogens is 405 g/mol. The van der Waals surface area contributed by atoms with Gasteiger partial charge in [-0.1, -0.05) is 96.8 Å². The van der Waals surface area contributed by atoms with Crippen LogP contribution in [0.3, 0.4) is 0 Å². The minimum absolute atomic E-state index is 0.0699. The second-order valence-corrected chi connectivity index (χ2v) is 9.52. The van der Waals surface area contributed by atoms with E-state index in [1.807, 2.05) is 0 Å². The Morgan fingerprint density at radius 1 is 0.733 bits per heavy atom. The van der Waals surface area contributed by atoms with Crippen LogP contribution < -0.4 is 5.73 Å². The summed E-state index contributed by atoms with van der Waals surface area (Å²) in [6, 6.07) is 0. The first-order chi connectivity index (χ1) is 14.5. The Labute approximate surface area is 184 Å². The summed E-state index contributed by atoms with van der Waals surface area (Å²) in [4.78, 5) is 9.32. The van der Waals surface area contributed by atoms with Gasteiger partial charge in [0.05, 0.1) is 19.8 Å². The number of phosphoric ester groups is 1. The first-order valence-electron chi connectivity index (χ1n) is 12.1. The summed E-state index contributed by atoms with van der Waals surface area (Å²) in [6.07, 6.45) is 18.8. The Hall–Kier alpha value is -0.0100. The highest BCUT2D eigenvalue weighted by Crippen LogP contribution is 2.42. The number of unbranched alkanes of at least 4 members (excludes halogenated alkanes) is 14. The minimum atomic E-state index is -4.14. The third-order valence-corrected chi connectivity index (χ3v) is 5.99. The second-order valence-electron chi connectivity index (χ2n) is 8.06. The fourth-order valence-corrected chi connectivity index (χ4v) is 4.00. The number of hydrogen-bond donors (Lipinski definition) is 3. The van der Waals surface area contributed by atoms with E-state index in [1.165, 1.54) is 83.5 Å². The molecule has 0 saturated heterocycles. The molecule has 8 heteroatoms. The van der Waals surface area contributed by atoms with Crippen molar-refractivity contribution in [1.82, 2.24) is 0 Å². The zero-order chi connectivity index (χ0) is 22.3. The van der Waals surface area contributed by atoms with Crippen LogP contribution in [0.5, 0.6) is 0 Å². The first-order valence-corrected chi connectivity index (χ1v) is 13.6. The molecule has 0 aromatic rings. The van der Waals surface area contributed by atoms with Gasteiger partial charge in [0.1, 0.15) is 6.10 Å². The summed E-state index contributed by atoms with van der Waals surface area (Å²) in [5.41, 5.74) is 5.19. The number of aliphatic hydroxyl groups excluding tert-OH is 1. The van der Waals surface area contributed by atoms with Crippen LogP contribution in [0.1, 0.15) is 103 Å². The van der Waals surface area contributed by atoms with Gasteiger partial charge in [-0.2, -0.15) is 0 Å². The Kier molecular flexibility index (Phi) is 22.2. The predicted octanol–water partition coefficient (Wildman–Crippen LogP) is 5.33. The van der Waals surface area contributed by atoms with E-state index in [0.717, 1.165) is 12.8 Å². The highest BCUT2D eigenvalue weighted by Gasteiger charge is 2.22. The lowest BCUT2D eigenvalue weighted by Gasteiger charge is -2.15. The van der Waals surface area contributed by atoms with Crippen molar-refractivity contribution in [2.24, 2.45) is 5.73 Å². The molecule has 0 fully saturated rings. The molecule has 0 aromatic heterocycles. The van der Waals surface area contributed by atoms with E-state index in [-0.39, 0.29) is 26.4 Å². The minimum Gasteiger partial charge on any atom is -0.388 e. The molecule has 0 heterocycles. The number of nitrogens with two attached hydrogens (primary N) is 1. The Balaban J connectivity index is 3.26. The average Bonchev–Trinajstić information content (AvgIpc) is 2.73. The molecule has 0 saturated carbocycles. The summed E-state index contributed by atoms with van der Waals surface area (Å²) in [5.74, 6) is 0. The Morgan fingerprint density at radius 2 is 1.20 bits per heavy atom. The highest BCUT2D eigenvalue weighted by molar-refractivity contribution is 7.47. The summed E-state index contributed by atoms with van der Waals surface area (Å²) >= 11 is 0. The number of ether oxygens (including phenoxy) is 1. The van der Waals surface area contributed by atoms with Crippen molar-refractivity contribution in [3.63, 3.8) is 0 Å². The lowest BCUT2D eigenvalue weighted by atomic mass is 10.0. The Morgan fingerprint density at radius 3 is 1.67 bits per heavy atom. The molecular formula is C22H48NO6P.